The van der Waals surface area contributed by atoms with Crippen molar-refractivity contribution in [3.63, 3.8) is 0 Å². The molecular formula is C17H25N4O2S+. The van der Waals surface area contributed by atoms with Crippen LogP contribution in [-0.4, -0.2) is 62.6 Å². The van der Waals surface area contributed by atoms with Gasteiger partial charge in [0.15, 0.2) is 5.82 Å². The third-order valence-corrected chi connectivity index (χ3v) is 6.08. The minimum Gasteiger partial charge on any atom is -0.378 e. The molecule has 2 aromatic rings. The Hall–Kier alpha value is -1.28. The van der Waals surface area contributed by atoms with Crippen molar-refractivity contribution in [1.29, 1.82) is 0 Å². The fraction of sp³-hybridized carbons (Fsp3) is 0.647. The molecular weight excluding hydrogens is 324 g/mol. The van der Waals surface area contributed by atoms with Crippen molar-refractivity contribution in [3.8, 4) is 0 Å². The van der Waals surface area contributed by atoms with Gasteiger partial charge in [-0.05, 0) is 19.4 Å². The maximum absolute atomic E-state index is 5.52. The average molecular weight is 349 g/mol. The van der Waals surface area contributed by atoms with Gasteiger partial charge in [0.2, 0.25) is 0 Å². The Morgan fingerprint density at radius 3 is 2.50 bits per heavy atom. The number of rotatable bonds is 3. The van der Waals surface area contributed by atoms with Crippen molar-refractivity contribution >= 4 is 27.4 Å². The normalized spacial score (nSPS) is 20.0. The zero-order valence-electron chi connectivity index (χ0n) is 14.4. The van der Waals surface area contributed by atoms with E-state index in [9.17, 15) is 0 Å². The number of quaternary nitrogens is 1. The van der Waals surface area contributed by atoms with Gasteiger partial charge in [-0.15, -0.1) is 11.3 Å². The molecule has 7 heteroatoms. The number of morpholine rings is 2. The molecule has 0 aromatic carbocycles. The Morgan fingerprint density at radius 1 is 1.04 bits per heavy atom. The maximum Gasteiger partial charge on any atom is 0.187 e. The molecule has 2 fully saturated rings. The Bertz CT molecular complexity index is 721. The summed E-state index contributed by atoms with van der Waals surface area (Å²) in [5.41, 5.74) is 1.32. The largest absolute Gasteiger partial charge is 0.378 e. The van der Waals surface area contributed by atoms with Crippen molar-refractivity contribution < 1.29 is 14.4 Å². The fourth-order valence-electron chi connectivity index (χ4n) is 3.41. The molecule has 0 bridgehead atoms. The van der Waals surface area contributed by atoms with E-state index < -0.39 is 0 Å². The smallest absolute Gasteiger partial charge is 0.187 e. The molecule has 0 unspecified atom stereocenters. The Balaban J connectivity index is 1.72. The molecule has 0 aliphatic carbocycles. The summed E-state index contributed by atoms with van der Waals surface area (Å²) in [4.78, 5) is 16.2. The van der Waals surface area contributed by atoms with Gasteiger partial charge < -0.3 is 19.3 Å². The molecule has 2 aromatic heterocycles. The summed E-state index contributed by atoms with van der Waals surface area (Å²) in [6, 6.07) is 0. The van der Waals surface area contributed by atoms with E-state index in [-0.39, 0.29) is 0 Å². The Labute approximate surface area is 146 Å². The molecule has 4 heterocycles. The number of hydrogen-bond acceptors (Lipinski definition) is 6. The first-order valence-electron chi connectivity index (χ1n) is 8.73. The van der Waals surface area contributed by atoms with Crippen LogP contribution in [0.5, 0.6) is 0 Å². The first-order valence-corrected chi connectivity index (χ1v) is 9.54. The standard InChI is InChI=1S/C17H24N4O2S/c1-12-13(2)24-17-15(12)16(21-5-9-23-10-6-21)18-14(19-17)11-20-3-7-22-8-4-20/h3-11H2,1-2H3/p+1. The highest BCUT2D eigenvalue weighted by Gasteiger charge is 2.23. The zero-order chi connectivity index (χ0) is 16.5. The predicted octanol–water partition coefficient (Wildman–Crippen LogP) is 0.560. The van der Waals surface area contributed by atoms with Crippen molar-refractivity contribution in [2.24, 2.45) is 0 Å². The molecule has 4 rings (SSSR count). The molecule has 1 N–H and O–H groups in total. The first kappa shape index (κ1) is 16.2. The fourth-order valence-corrected chi connectivity index (χ4v) is 4.46. The molecule has 0 atom stereocenters. The molecule has 6 nitrogen and oxygen atoms in total. The molecule has 2 aliphatic heterocycles. The van der Waals surface area contributed by atoms with Gasteiger partial charge in [-0.2, -0.15) is 0 Å². The van der Waals surface area contributed by atoms with Gasteiger partial charge in [-0.25, -0.2) is 9.97 Å². The molecule has 0 spiro atoms. The van der Waals surface area contributed by atoms with Crippen LogP contribution in [0.2, 0.25) is 0 Å². The van der Waals surface area contributed by atoms with Crippen molar-refractivity contribution in [3.05, 3.63) is 16.3 Å². The van der Waals surface area contributed by atoms with E-state index in [2.05, 4.69) is 18.7 Å². The number of anilines is 1. The summed E-state index contributed by atoms with van der Waals surface area (Å²) < 4.78 is 11.0. The van der Waals surface area contributed by atoms with Crippen LogP contribution in [0.4, 0.5) is 5.82 Å². The monoisotopic (exact) mass is 349 g/mol. The number of hydrogen-bond donors (Lipinski definition) is 1. The molecule has 24 heavy (non-hydrogen) atoms. The van der Waals surface area contributed by atoms with E-state index in [1.807, 2.05) is 0 Å². The molecule has 130 valence electrons. The summed E-state index contributed by atoms with van der Waals surface area (Å²) in [5.74, 6) is 2.06. The molecule has 0 saturated carbocycles. The van der Waals surface area contributed by atoms with Crippen molar-refractivity contribution in [1.82, 2.24) is 9.97 Å². The topological polar surface area (TPSA) is 51.9 Å². The second kappa shape index (κ2) is 6.92. The molecule has 2 saturated heterocycles. The van der Waals surface area contributed by atoms with Crippen LogP contribution >= 0.6 is 11.3 Å². The summed E-state index contributed by atoms with van der Waals surface area (Å²) >= 11 is 1.79. The van der Waals surface area contributed by atoms with Gasteiger partial charge in [0.1, 0.15) is 30.3 Å². The second-order valence-electron chi connectivity index (χ2n) is 6.57. The Kier molecular flexibility index (Phi) is 4.67. The molecule has 2 aliphatic rings. The van der Waals surface area contributed by atoms with Crippen LogP contribution in [0.25, 0.3) is 10.2 Å². The minimum absolute atomic E-state index is 0.776. The predicted molar refractivity (Wildman–Crippen MR) is 95.1 cm³/mol. The number of nitrogens with zero attached hydrogens (tertiary/aromatic N) is 3. The average Bonchev–Trinajstić information content (AvgIpc) is 2.90. The van der Waals surface area contributed by atoms with Gasteiger partial charge in [-0.1, -0.05) is 0 Å². The van der Waals surface area contributed by atoms with Gasteiger partial charge >= 0.3 is 0 Å². The highest BCUT2D eigenvalue weighted by atomic mass is 32.1. The van der Waals surface area contributed by atoms with Crippen molar-refractivity contribution in [2.75, 3.05) is 57.5 Å². The number of aromatic nitrogens is 2. The van der Waals surface area contributed by atoms with Crippen LogP contribution < -0.4 is 9.80 Å². The SMILES string of the molecule is Cc1sc2nc(C[NH+]3CCOCC3)nc(N3CCOCC3)c2c1C. The quantitative estimate of drug-likeness (QED) is 0.878. The van der Waals surface area contributed by atoms with Crippen LogP contribution in [0.3, 0.4) is 0 Å². The summed E-state index contributed by atoms with van der Waals surface area (Å²) in [5, 5.41) is 1.24. The first-order chi connectivity index (χ1) is 11.7. The summed E-state index contributed by atoms with van der Waals surface area (Å²) in [7, 11) is 0. The van der Waals surface area contributed by atoms with E-state index in [0.717, 1.165) is 75.6 Å². The third-order valence-electron chi connectivity index (χ3n) is 4.97. The van der Waals surface area contributed by atoms with Crippen molar-refractivity contribution in [2.45, 2.75) is 20.4 Å². The highest BCUT2D eigenvalue weighted by Crippen LogP contribution is 2.35. The second-order valence-corrected chi connectivity index (χ2v) is 7.77. The third kappa shape index (κ3) is 3.13. The van der Waals surface area contributed by atoms with E-state index in [1.54, 1.807) is 11.3 Å². The number of thiophene rings is 1. The Morgan fingerprint density at radius 2 is 1.75 bits per heavy atom. The lowest BCUT2D eigenvalue weighted by Gasteiger charge is -2.29. The van der Waals surface area contributed by atoms with Crippen LogP contribution in [0, 0.1) is 13.8 Å². The van der Waals surface area contributed by atoms with Gasteiger partial charge in [0.05, 0.1) is 31.8 Å². The maximum atomic E-state index is 5.52. The van der Waals surface area contributed by atoms with Crippen LogP contribution in [0.1, 0.15) is 16.3 Å². The van der Waals surface area contributed by atoms with Crippen LogP contribution in [-0.2, 0) is 16.0 Å². The minimum atomic E-state index is 0.776. The van der Waals surface area contributed by atoms with Crippen LogP contribution in [0.15, 0.2) is 0 Å². The van der Waals surface area contributed by atoms with E-state index in [1.165, 1.54) is 20.7 Å². The lowest BCUT2D eigenvalue weighted by atomic mass is 10.2. The van der Waals surface area contributed by atoms with E-state index >= 15 is 0 Å². The highest BCUT2D eigenvalue weighted by molar-refractivity contribution is 7.18. The molecule has 0 amide bonds. The molecule has 0 radical (unpaired) electrons. The number of ether oxygens (including phenoxy) is 2. The lowest BCUT2D eigenvalue weighted by molar-refractivity contribution is -0.922. The summed E-state index contributed by atoms with van der Waals surface area (Å²) in [6.45, 7) is 12.4. The lowest BCUT2D eigenvalue weighted by Crippen LogP contribution is -3.12. The van der Waals surface area contributed by atoms with Gasteiger partial charge in [0, 0.05) is 18.0 Å². The van der Waals surface area contributed by atoms with E-state index in [4.69, 9.17) is 19.4 Å². The van der Waals surface area contributed by atoms with Gasteiger partial charge in [-0.3, -0.25) is 0 Å². The zero-order valence-corrected chi connectivity index (χ0v) is 15.2. The number of aryl methyl sites for hydroxylation is 2. The van der Waals surface area contributed by atoms with Gasteiger partial charge in [0.25, 0.3) is 0 Å². The van der Waals surface area contributed by atoms with E-state index in [0.29, 0.717) is 0 Å². The number of fused-ring (bicyclic) bond motifs is 1. The number of nitrogens with one attached hydrogen (secondary N) is 1. The summed E-state index contributed by atoms with van der Waals surface area (Å²) in [6.07, 6.45) is 0.